The molecule has 0 radical (unpaired) electrons. The number of aryl methyl sites for hydroxylation is 2. The van der Waals surface area contributed by atoms with Crippen LogP contribution in [0.3, 0.4) is 0 Å². The highest BCUT2D eigenvalue weighted by atomic mass is 32.2. The van der Waals surface area contributed by atoms with Crippen LogP contribution < -0.4 is 5.32 Å². The van der Waals surface area contributed by atoms with Gasteiger partial charge in [-0.3, -0.25) is 0 Å². The van der Waals surface area contributed by atoms with Crippen molar-refractivity contribution in [3.63, 3.8) is 0 Å². The van der Waals surface area contributed by atoms with Gasteiger partial charge in [-0.2, -0.15) is 0 Å². The largest absolute Gasteiger partial charge is 0.466 e. The predicted molar refractivity (Wildman–Crippen MR) is 64.2 cm³/mol. The van der Waals surface area contributed by atoms with Gasteiger partial charge in [-0.1, -0.05) is 0 Å². The molecule has 0 spiro atoms. The number of sulfone groups is 1. The summed E-state index contributed by atoms with van der Waals surface area (Å²) in [6.07, 6.45) is 1.25. The number of nitrogens with one attached hydrogen (secondary N) is 1. The van der Waals surface area contributed by atoms with Crippen molar-refractivity contribution in [2.75, 3.05) is 12.0 Å². The molecule has 0 saturated carbocycles. The first-order valence-corrected chi connectivity index (χ1v) is 7.31. The summed E-state index contributed by atoms with van der Waals surface area (Å²) in [6.45, 7) is 6.31. The van der Waals surface area contributed by atoms with Crippen molar-refractivity contribution < 1.29 is 12.8 Å². The zero-order valence-electron chi connectivity index (χ0n) is 10.2. The minimum absolute atomic E-state index is 0.0513. The van der Waals surface area contributed by atoms with Crippen LogP contribution >= 0.6 is 0 Å². The molecule has 92 valence electrons. The van der Waals surface area contributed by atoms with Gasteiger partial charge in [0, 0.05) is 24.4 Å². The molecule has 0 aliphatic carbocycles. The summed E-state index contributed by atoms with van der Waals surface area (Å²) in [5, 5.41) is 3.17. The average molecular weight is 245 g/mol. The predicted octanol–water partition coefficient (Wildman–Crippen LogP) is 1.42. The molecule has 0 bridgehead atoms. The van der Waals surface area contributed by atoms with Gasteiger partial charge in [0.05, 0.1) is 5.75 Å². The average Bonchev–Trinajstić information content (AvgIpc) is 2.38. The topological polar surface area (TPSA) is 59.3 Å². The summed E-state index contributed by atoms with van der Waals surface area (Å²) in [5.41, 5.74) is 1.08. The molecule has 0 aliphatic heterocycles. The van der Waals surface area contributed by atoms with Crippen molar-refractivity contribution in [1.82, 2.24) is 5.32 Å². The number of hydrogen-bond donors (Lipinski definition) is 1. The summed E-state index contributed by atoms with van der Waals surface area (Å²) < 4.78 is 27.5. The Labute approximate surface area is 97.0 Å². The third kappa shape index (κ3) is 4.37. The molecular formula is C11H19NO3S. The minimum Gasteiger partial charge on any atom is -0.466 e. The van der Waals surface area contributed by atoms with Gasteiger partial charge in [0.1, 0.15) is 21.4 Å². The molecule has 4 nitrogen and oxygen atoms in total. The molecular weight excluding hydrogens is 226 g/mol. The van der Waals surface area contributed by atoms with E-state index in [0.29, 0.717) is 6.54 Å². The SMILES string of the molecule is Cc1cc(CNC(C)CS(C)(=O)=O)c(C)o1. The van der Waals surface area contributed by atoms with E-state index in [2.05, 4.69) is 5.32 Å². The van der Waals surface area contributed by atoms with Crippen molar-refractivity contribution in [3.05, 3.63) is 23.2 Å². The number of hydrogen-bond acceptors (Lipinski definition) is 4. The number of furan rings is 1. The van der Waals surface area contributed by atoms with Crippen molar-refractivity contribution in [3.8, 4) is 0 Å². The van der Waals surface area contributed by atoms with Crippen LogP contribution in [-0.4, -0.2) is 26.5 Å². The molecule has 1 heterocycles. The monoisotopic (exact) mass is 245 g/mol. The van der Waals surface area contributed by atoms with Crippen LogP contribution in [0.25, 0.3) is 0 Å². The molecule has 0 fully saturated rings. The van der Waals surface area contributed by atoms with E-state index in [1.807, 2.05) is 26.8 Å². The Morgan fingerprint density at radius 2 is 2.06 bits per heavy atom. The Morgan fingerprint density at radius 1 is 1.44 bits per heavy atom. The van der Waals surface area contributed by atoms with E-state index >= 15 is 0 Å². The molecule has 0 aliphatic rings. The lowest BCUT2D eigenvalue weighted by Crippen LogP contribution is -2.32. The van der Waals surface area contributed by atoms with Crippen molar-refractivity contribution in [1.29, 1.82) is 0 Å². The zero-order valence-corrected chi connectivity index (χ0v) is 11.0. The summed E-state index contributed by atoms with van der Waals surface area (Å²) >= 11 is 0. The van der Waals surface area contributed by atoms with Crippen LogP contribution in [0.2, 0.25) is 0 Å². The first kappa shape index (κ1) is 13.3. The van der Waals surface area contributed by atoms with Crippen molar-refractivity contribution in [2.24, 2.45) is 0 Å². The van der Waals surface area contributed by atoms with Crippen molar-refractivity contribution in [2.45, 2.75) is 33.4 Å². The van der Waals surface area contributed by atoms with Crippen molar-refractivity contribution >= 4 is 9.84 Å². The molecule has 16 heavy (non-hydrogen) atoms. The molecule has 0 saturated heterocycles. The molecule has 5 heteroatoms. The highest BCUT2D eigenvalue weighted by Gasteiger charge is 2.11. The van der Waals surface area contributed by atoms with E-state index in [0.717, 1.165) is 17.1 Å². The maximum absolute atomic E-state index is 11.1. The Hall–Kier alpha value is -0.810. The fourth-order valence-electron chi connectivity index (χ4n) is 1.66. The smallest absolute Gasteiger partial charge is 0.148 e. The second-order valence-electron chi connectivity index (χ2n) is 4.31. The standard InChI is InChI=1S/C11H19NO3S/c1-8(7-16(4,13)14)12-6-11-5-9(2)15-10(11)3/h5,8,12H,6-7H2,1-4H3. The van der Waals surface area contributed by atoms with Crippen LogP contribution in [0.5, 0.6) is 0 Å². The van der Waals surface area contributed by atoms with Gasteiger partial charge in [0.25, 0.3) is 0 Å². The lowest BCUT2D eigenvalue weighted by molar-refractivity contribution is 0.496. The van der Waals surface area contributed by atoms with E-state index < -0.39 is 9.84 Å². The third-order valence-electron chi connectivity index (χ3n) is 2.34. The molecule has 1 aromatic rings. The molecule has 0 aromatic carbocycles. The zero-order chi connectivity index (χ0) is 12.3. The van der Waals surface area contributed by atoms with Crippen LogP contribution in [-0.2, 0) is 16.4 Å². The quantitative estimate of drug-likeness (QED) is 0.852. The van der Waals surface area contributed by atoms with Gasteiger partial charge in [-0.25, -0.2) is 8.42 Å². The van der Waals surface area contributed by atoms with Gasteiger partial charge in [0.2, 0.25) is 0 Å². The second kappa shape index (κ2) is 5.01. The summed E-state index contributed by atoms with van der Waals surface area (Å²) in [5.74, 6) is 1.92. The maximum atomic E-state index is 11.1. The first-order valence-electron chi connectivity index (χ1n) is 5.25. The second-order valence-corrected chi connectivity index (χ2v) is 6.50. The molecule has 1 aromatic heterocycles. The van der Waals surface area contributed by atoms with Crippen LogP contribution in [0, 0.1) is 13.8 Å². The van der Waals surface area contributed by atoms with Gasteiger partial charge < -0.3 is 9.73 Å². The fraction of sp³-hybridized carbons (Fsp3) is 0.636. The van der Waals surface area contributed by atoms with E-state index in [4.69, 9.17) is 4.42 Å². The highest BCUT2D eigenvalue weighted by molar-refractivity contribution is 7.90. The van der Waals surface area contributed by atoms with E-state index in [1.165, 1.54) is 6.26 Å². The highest BCUT2D eigenvalue weighted by Crippen LogP contribution is 2.13. The summed E-state index contributed by atoms with van der Waals surface area (Å²) in [6, 6.07) is 1.92. The van der Waals surface area contributed by atoms with Gasteiger partial charge in [0.15, 0.2) is 0 Å². The summed E-state index contributed by atoms with van der Waals surface area (Å²) in [4.78, 5) is 0. The summed E-state index contributed by atoms with van der Waals surface area (Å²) in [7, 11) is -2.92. The fourth-order valence-corrected chi connectivity index (χ4v) is 2.68. The van der Waals surface area contributed by atoms with E-state index in [9.17, 15) is 8.42 Å². The lowest BCUT2D eigenvalue weighted by Gasteiger charge is -2.11. The van der Waals surface area contributed by atoms with Gasteiger partial charge in [-0.05, 0) is 26.8 Å². The molecule has 0 amide bonds. The first-order chi connectivity index (χ1) is 7.28. The van der Waals surface area contributed by atoms with Gasteiger partial charge >= 0.3 is 0 Å². The van der Waals surface area contributed by atoms with Crippen LogP contribution in [0.1, 0.15) is 24.0 Å². The Balaban J connectivity index is 2.49. The number of rotatable bonds is 5. The minimum atomic E-state index is -2.92. The van der Waals surface area contributed by atoms with E-state index in [1.54, 1.807) is 0 Å². The third-order valence-corrected chi connectivity index (χ3v) is 3.44. The Morgan fingerprint density at radius 3 is 2.50 bits per heavy atom. The van der Waals surface area contributed by atoms with Crippen LogP contribution in [0.15, 0.2) is 10.5 Å². The van der Waals surface area contributed by atoms with E-state index in [-0.39, 0.29) is 11.8 Å². The maximum Gasteiger partial charge on any atom is 0.148 e. The molecule has 1 atom stereocenters. The van der Waals surface area contributed by atoms with Gasteiger partial charge in [-0.15, -0.1) is 0 Å². The van der Waals surface area contributed by atoms with Crippen LogP contribution in [0.4, 0.5) is 0 Å². The molecule has 1 unspecified atom stereocenters. The lowest BCUT2D eigenvalue weighted by atomic mass is 10.2. The Kier molecular flexibility index (Phi) is 4.15. The normalized spacial score (nSPS) is 14.0. The molecule has 1 rings (SSSR count). The Bertz CT molecular complexity index is 448. The molecule has 1 N–H and O–H groups in total.